The van der Waals surface area contributed by atoms with Crippen molar-refractivity contribution < 1.29 is 19.7 Å². The van der Waals surface area contributed by atoms with Crippen LogP contribution in [0.5, 0.6) is 5.75 Å². The van der Waals surface area contributed by atoms with Crippen molar-refractivity contribution in [1.29, 1.82) is 0 Å². The summed E-state index contributed by atoms with van der Waals surface area (Å²) in [5.41, 5.74) is 0.858. The van der Waals surface area contributed by atoms with Gasteiger partial charge in [0.1, 0.15) is 18.1 Å². The van der Waals surface area contributed by atoms with Gasteiger partial charge >= 0.3 is 0 Å². The summed E-state index contributed by atoms with van der Waals surface area (Å²) in [5.74, 6) is 0.455. The summed E-state index contributed by atoms with van der Waals surface area (Å²) in [4.78, 5) is 10.7. The molecule has 0 aliphatic rings. The molecule has 0 fully saturated rings. The van der Waals surface area contributed by atoms with Crippen LogP contribution in [0.2, 0.25) is 0 Å². The molecule has 0 aliphatic carbocycles. The molecule has 94 valence electrons. The number of ether oxygens (including phenoxy) is 1. The van der Waals surface area contributed by atoms with Gasteiger partial charge in [-0.15, -0.1) is 0 Å². The molecule has 1 rings (SSSR count). The van der Waals surface area contributed by atoms with Crippen molar-refractivity contribution in [2.45, 2.75) is 18.6 Å². The molecule has 2 N–H and O–H groups in total. The van der Waals surface area contributed by atoms with Gasteiger partial charge in [-0.1, -0.05) is 15.9 Å². The Bertz CT molecular complexity index is 381. The number of benzene rings is 1. The molecule has 5 heteroatoms. The Kier molecular flexibility index (Phi) is 5.61. The Hall–Kier alpha value is -0.910. The quantitative estimate of drug-likeness (QED) is 0.620. The zero-order valence-electron chi connectivity index (χ0n) is 9.47. The van der Waals surface area contributed by atoms with Gasteiger partial charge in [-0.25, -0.2) is 0 Å². The molecular weight excluding hydrogens is 288 g/mol. The molecule has 0 heterocycles. The molecule has 2 atom stereocenters. The number of alkyl halides is 1. The van der Waals surface area contributed by atoms with E-state index in [2.05, 4.69) is 15.9 Å². The number of carbonyl (C=O) groups excluding carboxylic acids is 1. The van der Waals surface area contributed by atoms with Crippen molar-refractivity contribution in [2.75, 3.05) is 12.4 Å². The van der Waals surface area contributed by atoms with E-state index in [0.29, 0.717) is 34.9 Å². The summed E-state index contributed by atoms with van der Waals surface area (Å²) in [6.07, 6.45) is -0.866. The summed E-state index contributed by atoms with van der Waals surface area (Å²) in [6, 6.07) is 4.72. The molecule has 0 bridgehead atoms. The maximum Gasteiger partial charge on any atom is 0.150 e. The smallest absolute Gasteiger partial charge is 0.150 e. The van der Waals surface area contributed by atoms with E-state index in [4.69, 9.17) is 4.74 Å². The lowest BCUT2D eigenvalue weighted by atomic mass is 10.00. The van der Waals surface area contributed by atoms with Crippen molar-refractivity contribution in [1.82, 2.24) is 0 Å². The summed E-state index contributed by atoms with van der Waals surface area (Å²) in [5, 5.41) is 20.3. The van der Waals surface area contributed by atoms with Gasteiger partial charge in [0.2, 0.25) is 0 Å². The molecule has 2 unspecified atom stereocenters. The van der Waals surface area contributed by atoms with Gasteiger partial charge in [-0.3, -0.25) is 4.79 Å². The minimum absolute atomic E-state index is 0.412. The highest BCUT2D eigenvalue weighted by Crippen LogP contribution is 2.29. The van der Waals surface area contributed by atoms with Crippen LogP contribution < -0.4 is 4.74 Å². The topological polar surface area (TPSA) is 66.8 Å². The van der Waals surface area contributed by atoms with Crippen LogP contribution in [0.4, 0.5) is 0 Å². The molecule has 0 saturated carbocycles. The lowest BCUT2D eigenvalue weighted by molar-refractivity contribution is 0.0160. The van der Waals surface area contributed by atoms with Crippen LogP contribution in [0.1, 0.15) is 28.4 Å². The molecule has 4 nitrogen and oxygen atoms in total. The zero-order chi connectivity index (χ0) is 12.8. The number of hydrogen-bond donors (Lipinski definition) is 2. The number of rotatable bonds is 6. The van der Waals surface area contributed by atoms with Gasteiger partial charge in [0.05, 0.1) is 13.2 Å². The number of aliphatic hydroxyl groups excluding tert-OH is 2. The first-order valence-electron chi connectivity index (χ1n) is 5.19. The summed E-state index contributed by atoms with van der Waals surface area (Å²) in [7, 11) is 1.48. The highest BCUT2D eigenvalue weighted by atomic mass is 79.9. The average molecular weight is 303 g/mol. The number of aliphatic hydroxyl groups is 2. The highest BCUT2D eigenvalue weighted by molar-refractivity contribution is 9.09. The third kappa shape index (κ3) is 3.52. The molecule has 0 saturated heterocycles. The first-order valence-corrected chi connectivity index (χ1v) is 6.31. The average Bonchev–Trinajstić information content (AvgIpc) is 2.37. The van der Waals surface area contributed by atoms with E-state index in [1.165, 1.54) is 13.2 Å². The maximum atomic E-state index is 10.7. The molecule has 1 aromatic rings. The van der Waals surface area contributed by atoms with Gasteiger partial charge in [0.15, 0.2) is 0 Å². The summed E-state index contributed by atoms with van der Waals surface area (Å²) in [6.45, 7) is 0. The Morgan fingerprint density at radius 2 is 2.18 bits per heavy atom. The first-order chi connectivity index (χ1) is 8.13. The SMILES string of the molecule is COc1ccc(C=O)cc1C(O)C(O)CCBr. The van der Waals surface area contributed by atoms with Crippen LogP contribution in [0.25, 0.3) is 0 Å². The van der Waals surface area contributed by atoms with E-state index in [0.717, 1.165) is 0 Å². The standard InChI is InChI=1S/C12H15BrO4/c1-17-11-3-2-8(7-14)6-9(11)12(16)10(15)4-5-13/h2-3,6-7,10,12,15-16H,4-5H2,1H3. The number of hydrogen-bond acceptors (Lipinski definition) is 4. The number of halogens is 1. The van der Waals surface area contributed by atoms with Gasteiger partial charge in [0, 0.05) is 16.5 Å². The Labute approximate surface area is 108 Å². The lowest BCUT2D eigenvalue weighted by Gasteiger charge is -2.19. The van der Waals surface area contributed by atoms with Crippen LogP contribution in [0.3, 0.4) is 0 Å². The van der Waals surface area contributed by atoms with Gasteiger partial charge in [-0.05, 0) is 24.6 Å². The van der Waals surface area contributed by atoms with Crippen LogP contribution in [0.15, 0.2) is 18.2 Å². The van der Waals surface area contributed by atoms with E-state index in [9.17, 15) is 15.0 Å². The Morgan fingerprint density at radius 3 is 2.71 bits per heavy atom. The second kappa shape index (κ2) is 6.74. The van der Waals surface area contributed by atoms with E-state index in [1.807, 2.05) is 0 Å². The monoisotopic (exact) mass is 302 g/mol. The Morgan fingerprint density at radius 1 is 1.47 bits per heavy atom. The lowest BCUT2D eigenvalue weighted by Crippen LogP contribution is -2.19. The third-order valence-electron chi connectivity index (χ3n) is 2.48. The van der Waals surface area contributed by atoms with Gasteiger partial charge in [0.25, 0.3) is 0 Å². The first kappa shape index (κ1) is 14.2. The molecule has 0 aliphatic heterocycles. The predicted octanol–water partition coefficient (Wildman–Crippen LogP) is 1.69. The zero-order valence-corrected chi connectivity index (χ0v) is 11.1. The van der Waals surface area contributed by atoms with Crippen LogP contribution in [-0.4, -0.2) is 35.0 Å². The largest absolute Gasteiger partial charge is 0.496 e. The van der Waals surface area contributed by atoms with Gasteiger partial charge < -0.3 is 14.9 Å². The fraction of sp³-hybridized carbons (Fsp3) is 0.417. The van der Waals surface area contributed by atoms with E-state index in [-0.39, 0.29) is 0 Å². The molecule has 0 radical (unpaired) electrons. The second-order valence-corrected chi connectivity index (χ2v) is 4.40. The molecule has 0 spiro atoms. The Balaban J connectivity index is 3.04. The van der Waals surface area contributed by atoms with Crippen molar-refractivity contribution in [2.24, 2.45) is 0 Å². The fourth-order valence-electron chi connectivity index (χ4n) is 1.53. The predicted molar refractivity (Wildman–Crippen MR) is 67.8 cm³/mol. The molecule has 0 amide bonds. The van der Waals surface area contributed by atoms with Crippen LogP contribution in [-0.2, 0) is 0 Å². The molecule has 1 aromatic carbocycles. The summed E-state index contributed by atoms with van der Waals surface area (Å²) >= 11 is 3.20. The van der Waals surface area contributed by atoms with Crippen LogP contribution in [0, 0.1) is 0 Å². The maximum absolute atomic E-state index is 10.7. The van der Waals surface area contributed by atoms with Crippen molar-refractivity contribution in [3.05, 3.63) is 29.3 Å². The van der Waals surface area contributed by atoms with E-state index < -0.39 is 12.2 Å². The number of carbonyl (C=O) groups is 1. The highest BCUT2D eigenvalue weighted by Gasteiger charge is 2.21. The van der Waals surface area contributed by atoms with E-state index >= 15 is 0 Å². The fourth-order valence-corrected chi connectivity index (χ4v) is 2.00. The minimum atomic E-state index is -1.07. The van der Waals surface area contributed by atoms with Crippen molar-refractivity contribution in [3.63, 3.8) is 0 Å². The molecule has 17 heavy (non-hydrogen) atoms. The van der Waals surface area contributed by atoms with Crippen molar-refractivity contribution >= 4 is 22.2 Å². The second-order valence-electron chi connectivity index (χ2n) is 3.61. The van der Waals surface area contributed by atoms with Crippen LogP contribution >= 0.6 is 15.9 Å². The van der Waals surface area contributed by atoms with Gasteiger partial charge in [-0.2, -0.15) is 0 Å². The normalized spacial score (nSPS) is 14.1. The van der Waals surface area contributed by atoms with Crippen molar-refractivity contribution in [3.8, 4) is 5.75 Å². The summed E-state index contributed by atoms with van der Waals surface area (Å²) < 4.78 is 5.10. The number of aldehydes is 1. The number of methoxy groups -OCH3 is 1. The minimum Gasteiger partial charge on any atom is -0.496 e. The van der Waals surface area contributed by atoms with E-state index in [1.54, 1.807) is 12.1 Å². The molecular formula is C12H15BrO4. The third-order valence-corrected chi connectivity index (χ3v) is 2.94. The molecule has 0 aromatic heterocycles.